The van der Waals surface area contributed by atoms with E-state index >= 15 is 0 Å². The van der Waals surface area contributed by atoms with Crippen LogP contribution in [0.2, 0.25) is 0 Å². The molecule has 2 rings (SSSR count). The Hall–Kier alpha value is -0.0800. The van der Waals surface area contributed by atoms with Crippen LogP contribution in [-0.2, 0) is 0 Å². The van der Waals surface area contributed by atoms with E-state index < -0.39 is 0 Å². The van der Waals surface area contributed by atoms with Crippen LogP contribution in [0, 0.1) is 22.7 Å². The van der Waals surface area contributed by atoms with Crippen LogP contribution in [0.25, 0.3) is 0 Å². The maximum Gasteiger partial charge on any atom is 0.0159 e. The van der Waals surface area contributed by atoms with Gasteiger partial charge in [0.1, 0.15) is 0 Å². The van der Waals surface area contributed by atoms with Crippen molar-refractivity contribution in [1.29, 1.82) is 0 Å². The van der Waals surface area contributed by atoms with Gasteiger partial charge in [-0.25, -0.2) is 0 Å². The summed E-state index contributed by atoms with van der Waals surface area (Å²) in [5, 5.41) is 0. The molecule has 0 aromatic rings. The highest BCUT2D eigenvalue weighted by Gasteiger charge is 2.45. The molecule has 0 bridgehead atoms. The van der Waals surface area contributed by atoms with Crippen LogP contribution in [0.3, 0.4) is 0 Å². The Morgan fingerprint density at radius 2 is 0.906 bits per heavy atom. The Bertz CT molecular complexity index is 581. The maximum atomic E-state index is 2.89. The van der Waals surface area contributed by atoms with Gasteiger partial charge in [-0.15, -0.1) is 0 Å². The average molecular weight is 449 g/mol. The van der Waals surface area contributed by atoms with Crippen molar-refractivity contribution in [1.82, 2.24) is 9.80 Å². The van der Waals surface area contributed by atoms with E-state index in [1.165, 1.54) is 38.5 Å². The van der Waals surface area contributed by atoms with Gasteiger partial charge in [-0.2, -0.15) is 0 Å². The van der Waals surface area contributed by atoms with Crippen molar-refractivity contribution in [3.63, 3.8) is 0 Å². The molecule has 0 aliphatic carbocycles. The second kappa shape index (κ2) is 9.52. The molecule has 2 aliphatic heterocycles. The minimum Gasteiger partial charge on any atom is -0.293 e. The van der Waals surface area contributed by atoms with Crippen molar-refractivity contribution >= 4 is 0 Å². The van der Waals surface area contributed by atoms with E-state index in [1.807, 2.05) is 0 Å². The van der Waals surface area contributed by atoms with Gasteiger partial charge >= 0.3 is 0 Å². The monoisotopic (exact) mass is 448 g/mol. The Kier molecular flexibility index (Phi) is 8.38. The lowest BCUT2D eigenvalue weighted by molar-refractivity contribution is -0.0541. The fraction of sp³-hybridized carbons (Fsp3) is 1.00. The molecule has 2 saturated heterocycles. The number of rotatable bonds is 5. The van der Waals surface area contributed by atoms with Crippen LogP contribution < -0.4 is 0 Å². The first-order valence-electron chi connectivity index (χ1n) is 13.8. The van der Waals surface area contributed by atoms with Gasteiger partial charge in [-0.3, -0.25) is 9.80 Å². The lowest BCUT2D eigenvalue weighted by Gasteiger charge is -2.55. The van der Waals surface area contributed by atoms with E-state index in [1.54, 1.807) is 0 Å². The number of piperidine rings is 2. The van der Waals surface area contributed by atoms with Crippen LogP contribution in [0.1, 0.15) is 135 Å². The zero-order valence-corrected chi connectivity index (χ0v) is 24.6. The van der Waals surface area contributed by atoms with Crippen molar-refractivity contribution in [2.75, 3.05) is 0 Å². The molecule has 0 aromatic heterocycles. The molecule has 2 fully saturated rings. The molecule has 0 N–H and O–H groups in total. The normalized spacial score (nSPS) is 34.7. The van der Waals surface area contributed by atoms with E-state index in [2.05, 4.69) is 107 Å². The molecule has 0 radical (unpaired) electrons. The lowest BCUT2D eigenvalue weighted by atomic mass is 9.66. The van der Waals surface area contributed by atoms with Gasteiger partial charge in [0.25, 0.3) is 0 Å². The van der Waals surface area contributed by atoms with Crippen molar-refractivity contribution < 1.29 is 0 Å². The quantitative estimate of drug-likeness (QED) is 0.416. The molecule has 0 aromatic carbocycles. The molecule has 1 unspecified atom stereocenters. The highest BCUT2D eigenvalue weighted by atomic mass is 15.3. The summed E-state index contributed by atoms with van der Waals surface area (Å²) in [7, 11) is 0. The van der Waals surface area contributed by atoms with E-state index in [9.17, 15) is 0 Å². The van der Waals surface area contributed by atoms with Crippen LogP contribution in [-0.4, -0.2) is 45.0 Å². The molecule has 0 spiro atoms. The van der Waals surface area contributed by atoms with Gasteiger partial charge in [0.15, 0.2) is 0 Å². The van der Waals surface area contributed by atoms with Crippen LogP contribution in [0.15, 0.2) is 0 Å². The van der Waals surface area contributed by atoms with Crippen molar-refractivity contribution in [2.45, 2.75) is 171 Å². The Labute approximate surface area is 203 Å². The van der Waals surface area contributed by atoms with Gasteiger partial charge in [0, 0.05) is 35.2 Å². The van der Waals surface area contributed by atoms with E-state index in [0.717, 1.165) is 11.8 Å². The van der Waals surface area contributed by atoms with Gasteiger partial charge in [-0.05, 0) is 124 Å². The van der Waals surface area contributed by atoms with Gasteiger partial charge < -0.3 is 0 Å². The maximum absolute atomic E-state index is 2.89. The second-order valence-corrected chi connectivity index (χ2v) is 15.4. The third-order valence-electron chi connectivity index (χ3n) is 9.59. The van der Waals surface area contributed by atoms with Crippen molar-refractivity contribution in [3.8, 4) is 0 Å². The average Bonchev–Trinajstić information content (AvgIpc) is 2.56. The summed E-state index contributed by atoms with van der Waals surface area (Å²) >= 11 is 0. The highest BCUT2D eigenvalue weighted by Crippen LogP contribution is 2.47. The largest absolute Gasteiger partial charge is 0.293 e. The third-order valence-corrected chi connectivity index (χ3v) is 9.59. The standard InChI is InChI=1S/C30H60N2/c1-21-19-26(20-22(2)31(21)28(8,9)10)29(11,12)15-16-30(13,14)32-23(3)17-25(18-24(32)4)27(5,6)7/h21-26H,15-20H2,1-14H3/t21-,22-,23-,24+,25?/m0/s1. The number of nitrogens with zero attached hydrogens (tertiary/aromatic N) is 2. The highest BCUT2D eigenvalue weighted by molar-refractivity contribution is 4.99. The van der Waals surface area contributed by atoms with E-state index in [0.29, 0.717) is 35.0 Å². The smallest absolute Gasteiger partial charge is 0.0159 e. The van der Waals surface area contributed by atoms with Crippen molar-refractivity contribution in [2.24, 2.45) is 22.7 Å². The molecule has 2 heterocycles. The second-order valence-electron chi connectivity index (χ2n) is 15.4. The predicted molar refractivity (Wildman–Crippen MR) is 143 cm³/mol. The van der Waals surface area contributed by atoms with Gasteiger partial charge in [0.05, 0.1) is 0 Å². The zero-order valence-electron chi connectivity index (χ0n) is 24.6. The Balaban J connectivity index is 2.05. The molecular formula is C30H60N2. The third kappa shape index (κ3) is 6.32. The number of hydrogen-bond donors (Lipinski definition) is 0. The van der Waals surface area contributed by atoms with E-state index in [-0.39, 0.29) is 11.1 Å². The molecule has 32 heavy (non-hydrogen) atoms. The molecular weight excluding hydrogens is 388 g/mol. The minimum atomic E-state index is 0.265. The molecule has 0 saturated carbocycles. The van der Waals surface area contributed by atoms with Gasteiger partial charge in [-0.1, -0.05) is 34.6 Å². The first kappa shape index (κ1) is 28.2. The fourth-order valence-electron chi connectivity index (χ4n) is 7.98. The van der Waals surface area contributed by atoms with E-state index in [4.69, 9.17) is 0 Å². The van der Waals surface area contributed by atoms with Crippen LogP contribution in [0.4, 0.5) is 0 Å². The zero-order chi connectivity index (χ0) is 24.9. The summed E-state index contributed by atoms with van der Waals surface area (Å²) in [5.74, 6) is 1.66. The summed E-state index contributed by atoms with van der Waals surface area (Å²) in [6.45, 7) is 34.6. The molecule has 2 heteroatoms. The van der Waals surface area contributed by atoms with Crippen LogP contribution in [0.5, 0.6) is 0 Å². The minimum absolute atomic E-state index is 0.265. The molecule has 2 nitrogen and oxygen atoms in total. The van der Waals surface area contributed by atoms with Crippen molar-refractivity contribution in [3.05, 3.63) is 0 Å². The Morgan fingerprint density at radius 3 is 1.28 bits per heavy atom. The summed E-state index contributed by atoms with van der Waals surface area (Å²) in [4.78, 5) is 5.66. The van der Waals surface area contributed by atoms with Gasteiger partial charge in [0.2, 0.25) is 0 Å². The molecule has 190 valence electrons. The summed E-state index contributed by atoms with van der Waals surface area (Å²) in [6, 6.07) is 2.70. The summed E-state index contributed by atoms with van der Waals surface area (Å²) in [6.07, 6.45) is 8.02. The Morgan fingerprint density at radius 1 is 0.531 bits per heavy atom. The summed E-state index contributed by atoms with van der Waals surface area (Å²) in [5.41, 5.74) is 1.36. The summed E-state index contributed by atoms with van der Waals surface area (Å²) < 4.78 is 0. The predicted octanol–water partition coefficient (Wildman–Crippen LogP) is 8.39. The number of hydrogen-bond acceptors (Lipinski definition) is 2. The topological polar surface area (TPSA) is 6.48 Å². The first-order valence-corrected chi connectivity index (χ1v) is 13.8. The molecule has 2 aliphatic rings. The first-order chi connectivity index (χ1) is 14.3. The number of likely N-dealkylation sites (tertiary alicyclic amines) is 2. The molecule has 5 atom stereocenters. The SMILES string of the molecule is C[C@@H]1CC(C(C)(C)C)C[C@H](C)N1C(C)(C)CCC(C)(C)C1C[C@H](C)N(C(C)(C)C)[C@@H](C)C1. The lowest BCUT2D eigenvalue weighted by Crippen LogP contribution is -2.58. The fourth-order valence-corrected chi connectivity index (χ4v) is 7.98. The molecule has 0 amide bonds. The van der Waals surface area contributed by atoms with Crippen LogP contribution >= 0.6 is 0 Å².